The summed E-state index contributed by atoms with van der Waals surface area (Å²) >= 11 is 0. The Morgan fingerprint density at radius 1 is 1.44 bits per heavy atom. The molecule has 0 aliphatic heterocycles. The summed E-state index contributed by atoms with van der Waals surface area (Å²) < 4.78 is 0. The highest BCUT2D eigenvalue weighted by molar-refractivity contribution is 5.74. The van der Waals surface area contributed by atoms with Gasteiger partial charge in [0.25, 0.3) is 0 Å². The molecule has 0 spiro atoms. The summed E-state index contributed by atoms with van der Waals surface area (Å²) in [6.07, 6.45) is 5.09. The van der Waals surface area contributed by atoms with Gasteiger partial charge in [-0.1, -0.05) is 13.3 Å². The van der Waals surface area contributed by atoms with Gasteiger partial charge < -0.3 is 10.0 Å². The SMILES string of the molecule is CCCC(C)(CN(C)Cc1ccncc1)C(=O)O. The lowest BCUT2D eigenvalue weighted by atomic mass is 9.85. The van der Waals surface area contributed by atoms with Crippen LogP contribution in [0.3, 0.4) is 0 Å². The quantitative estimate of drug-likeness (QED) is 0.807. The number of carboxylic acids is 1. The predicted molar refractivity (Wildman–Crippen MR) is 71.2 cm³/mol. The van der Waals surface area contributed by atoms with Crippen LogP contribution >= 0.6 is 0 Å². The van der Waals surface area contributed by atoms with Gasteiger partial charge in [0.1, 0.15) is 0 Å². The first-order valence-corrected chi connectivity index (χ1v) is 6.29. The highest BCUT2D eigenvalue weighted by atomic mass is 16.4. The van der Waals surface area contributed by atoms with Crippen molar-refractivity contribution < 1.29 is 9.90 Å². The first-order chi connectivity index (χ1) is 8.48. The van der Waals surface area contributed by atoms with Crippen LogP contribution in [0.2, 0.25) is 0 Å². The molecule has 0 saturated heterocycles. The fourth-order valence-corrected chi connectivity index (χ4v) is 2.26. The van der Waals surface area contributed by atoms with Crippen LogP contribution in [0.1, 0.15) is 32.3 Å². The van der Waals surface area contributed by atoms with Gasteiger partial charge in [-0.15, -0.1) is 0 Å². The zero-order valence-electron chi connectivity index (χ0n) is 11.4. The highest BCUT2D eigenvalue weighted by Crippen LogP contribution is 2.25. The van der Waals surface area contributed by atoms with Crippen molar-refractivity contribution >= 4 is 5.97 Å². The second kappa shape index (κ2) is 6.50. The van der Waals surface area contributed by atoms with Crippen LogP contribution in [0.15, 0.2) is 24.5 Å². The fraction of sp³-hybridized carbons (Fsp3) is 0.571. The Balaban J connectivity index is 2.62. The molecule has 100 valence electrons. The van der Waals surface area contributed by atoms with Crippen LogP contribution in [0, 0.1) is 5.41 Å². The van der Waals surface area contributed by atoms with E-state index in [1.165, 1.54) is 0 Å². The molecule has 1 unspecified atom stereocenters. The number of hydrogen-bond donors (Lipinski definition) is 1. The molecule has 0 saturated carbocycles. The molecule has 4 nitrogen and oxygen atoms in total. The summed E-state index contributed by atoms with van der Waals surface area (Å²) in [6.45, 7) is 5.14. The summed E-state index contributed by atoms with van der Waals surface area (Å²) in [5.74, 6) is -0.717. The molecule has 1 aromatic heterocycles. The molecule has 0 amide bonds. The van der Waals surface area contributed by atoms with Gasteiger partial charge in [0.2, 0.25) is 0 Å². The van der Waals surface area contributed by atoms with E-state index in [4.69, 9.17) is 0 Å². The Hall–Kier alpha value is -1.42. The predicted octanol–water partition coefficient (Wildman–Crippen LogP) is 2.40. The van der Waals surface area contributed by atoms with E-state index < -0.39 is 11.4 Å². The van der Waals surface area contributed by atoms with Crippen molar-refractivity contribution in [3.05, 3.63) is 30.1 Å². The number of rotatable bonds is 7. The Morgan fingerprint density at radius 2 is 2.06 bits per heavy atom. The van der Waals surface area contributed by atoms with Crippen molar-refractivity contribution in [1.29, 1.82) is 0 Å². The molecule has 0 radical (unpaired) electrons. The third kappa shape index (κ3) is 4.11. The normalized spacial score (nSPS) is 14.4. The monoisotopic (exact) mass is 250 g/mol. The molecule has 1 N–H and O–H groups in total. The van der Waals surface area contributed by atoms with Gasteiger partial charge in [-0.05, 0) is 38.1 Å². The van der Waals surface area contributed by atoms with Gasteiger partial charge in [0, 0.05) is 25.5 Å². The largest absolute Gasteiger partial charge is 0.481 e. The maximum Gasteiger partial charge on any atom is 0.310 e. The van der Waals surface area contributed by atoms with Gasteiger partial charge in [-0.3, -0.25) is 9.78 Å². The van der Waals surface area contributed by atoms with Crippen LogP contribution in [0.25, 0.3) is 0 Å². The van der Waals surface area contributed by atoms with Gasteiger partial charge in [-0.25, -0.2) is 0 Å². The average Bonchev–Trinajstić information content (AvgIpc) is 2.30. The maximum absolute atomic E-state index is 11.4. The minimum absolute atomic E-state index is 0.554. The number of carboxylic acid groups (broad SMARTS) is 1. The zero-order valence-corrected chi connectivity index (χ0v) is 11.4. The van der Waals surface area contributed by atoms with E-state index in [1.54, 1.807) is 12.4 Å². The van der Waals surface area contributed by atoms with E-state index in [0.717, 1.165) is 18.5 Å². The van der Waals surface area contributed by atoms with Gasteiger partial charge in [0.05, 0.1) is 5.41 Å². The molecule has 0 aromatic carbocycles. The lowest BCUT2D eigenvalue weighted by Gasteiger charge is -2.29. The Labute approximate surface area is 109 Å². The fourth-order valence-electron chi connectivity index (χ4n) is 2.26. The molecule has 0 bridgehead atoms. The summed E-state index contributed by atoms with van der Waals surface area (Å²) in [5, 5.41) is 9.34. The van der Waals surface area contributed by atoms with Crippen molar-refractivity contribution in [2.45, 2.75) is 33.2 Å². The molecular weight excluding hydrogens is 228 g/mol. The van der Waals surface area contributed by atoms with Crippen molar-refractivity contribution in [3.8, 4) is 0 Å². The molecule has 1 atom stereocenters. The first-order valence-electron chi connectivity index (χ1n) is 6.29. The number of carbonyl (C=O) groups is 1. The Bertz CT molecular complexity index is 381. The van der Waals surface area contributed by atoms with Crippen LogP contribution in [-0.4, -0.2) is 34.6 Å². The van der Waals surface area contributed by atoms with Gasteiger partial charge in [0.15, 0.2) is 0 Å². The third-order valence-electron chi connectivity index (χ3n) is 3.14. The lowest BCUT2D eigenvalue weighted by molar-refractivity contribution is -0.149. The summed E-state index contributed by atoms with van der Waals surface area (Å²) in [5.41, 5.74) is 0.480. The molecule has 0 fully saturated rings. The summed E-state index contributed by atoms with van der Waals surface area (Å²) in [6, 6.07) is 3.91. The van der Waals surface area contributed by atoms with E-state index >= 15 is 0 Å². The molecule has 0 aliphatic carbocycles. The second-order valence-corrected chi connectivity index (χ2v) is 5.14. The second-order valence-electron chi connectivity index (χ2n) is 5.14. The van der Waals surface area contributed by atoms with Crippen molar-refractivity contribution in [2.24, 2.45) is 5.41 Å². The smallest absolute Gasteiger partial charge is 0.310 e. The number of pyridine rings is 1. The van der Waals surface area contributed by atoms with Crippen LogP contribution in [0.4, 0.5) is 0 Å². The van der Waals surface area contributed by atoms with Crippen molar-refractivity contribution in [3.63, 3.8) is 0 Å². The molecule has 1 aromatic rings. The minimum Gasteiger partial charge on any atom is -0.481 e. The lowest BCUT2D eigenvalue weighted by Crippen LogP contribution is -2.39. The van der Waals surface area contributed by atoms with E-state index in [0.29, 0.717) is 13.0 Å². The number of aromatic nitrogens is 1. The Morgan fingerprint density at radius 3 is 2.56 bits per heavy atom. The molecule has 4 heteroatoms. The van der Waals surface area contributed by atoms with Crippen LogP contribution in [0.5, 0.6) is 0 Å². The average molecular weight is 250 g/mol. The summed E-state index contributed by atoms with van der Waals surface area (Å²) in [4.78, 5) is 17.4. The standard InChI is InChI=1S/C14H22N2O2/c1-4-7-14(2,13(17)18)11-16(3)10-12-5-8-15-9-6-12/h5-6,8-9H,4,7,10-11H2,1-3H3,(H,17,18). The van der Waals surface area contributed by atoms with Crippen LogP contribution in [-0.2, 0) is 11.3 Å². The van der Waals surface area contributed by atoms with Crippen LogP contribution < -0.4 is 0 Å². The topological polar surface area (TPSA) is 53.4 Å². The third-order valence-corrected chi connectivity index (χ3v) is 3.14. The molecule has 0 aliphatic rings. The van der Waals surface area contributed by atoms with E-state index in [1.807, 2.05) is 33.0 Å². The number of hydrogen-bond acceptors (Lipinski definition) is 3. The van der Waals surface area contributed by atoms with E-state index in [2.05, 4.69) is 9.88 Å². The van der Waals surface area contributed by atoms with Crippen molar-refractivity contribution in [2.75, 3.05) is 13.6 Å². The number of aliphatic carboxylic acids is 1. The molecule has 1 heterocycles. The maximum atomic E-state index is 11.4. The highest BCUT2D eigenvalue weighted by Gasteiger charge is 2.33. The molecule has 1 rings (SSSR count). The number of nitrogens with zero attached hydrogens (tertiary/aromatic N) is 2. The van der Waals surface area contributed by atoms with Gasteiger partial charge >= 0.3 is 5.97 Å². The molecule has 18 heavy (non-hydrogen) atoms. The van der Waals surface area contributed by atoms with E-state index in [9.17, 15) is 9.90 Å². The summed E-state index contributed by atoms with van der Waals surface area (Å²) in [7, 11) is 1.96. The molecular formula is C14H22N2O2. The van der Waals surface area contributed by atoms with Crippen molar-refractivity contribution in [1.82, 2.24) is 9.88 Å². The van der Waals surface area contributed by atoms with Gasteiger partial charge in [-0.2, -0.15) is 0 Å². The van der Waals surface area contributed by atoms with E-state index in [-0.39, 0.29) is 0 Å². The first kappa shape index (κ1) is 14.6. The Kier molecular flexibility index (Phi) is 5.28. The minimum atomic E-state index is -0.717. The zero-order chi connectivity index (χ0) is 13.6.